The number of aliphatic hydroxyl groups excluding tert-OH is 1. The predicted octanol–water partition coefficient (Wildman–Crippen LogP) is 1.30. The number of fused-ring (bicyclic) bond motifs is 4. The molecule has 3 N–H and O–H groups in total. The Morgan fingerprint density at radius 1 is 1.03 bits per heavy atom. The van der Waals surface area contributed by atoms with Gasteiger partial charge in [0, 0.05) is 17.3 Å². The van der Waals surface area contributed by atoms with E-state index in [2.05, 4.69) is 10.6 Å². The van der Waals surface area contributed by atoms with Gasteiger partial charge in [-0.1, -0.05) is 35.9 Å². The summed E-state index contributed by atoms with van der Waals surface area (Å²) < 4.78 is 0. The molecule has 2 aromatic rings. The fourth-order valence-electron chi connectivity index (χ4n) is 5.05. The Balaban J connectivity index is 1.68. The Morgan fingerprint density at radius 3 is 2.41 bits per heavy atom. The van der Waals surface area contributed by atoms with Crippen LogP contribution in [-0.2, 0) is 19.9 Å². The Hall–Kier alpha value is -3.03. The molecule has 2 aromatic carbocycles. The van der Waals surface area contributed by atoms with E-state index in [1.807, 2.05) is 19.1 Å². The van der Waals surface area contributed by atoms with Gasteiger partial charge in [0.1, 0.15) is 5.54 Å². The van der Waals surface area contributed by atoms with E-state index in [-0.39, 0.29) is 5.91 Å². The van der Waals surface area contributed by atoms with Crippen molar-refractivity contribution in [2.24, 2.45) is 11.8 Å². The minimum absolute atomic E-state index is 0.372. The van der Waals surface area contributed by atoms with Crippen LogP contribution in [0, 0.1) is 18.8 Å². The lowest BCUT2D eigenvalue weighted by molar-refractivity contribution is -0.130. The third-order valence-corrected chi connectivity index (χ3v) is 6.37. The Kier molecular flexibility index (Phi) is 3.72. The number of imide groups is 1. The summed E-state index contributed by atoms with van der Waals surface area (Å²) in [5, 5.41) is 16.4. The molecule has 0 saturated carbocycles. The number of rotatable bonds is 2. The molecule has 0 radical (unpaired) electrons. The van der Waals surface area contributed by atoms with Crippen molar-refractivity contribution in [1.29, 1.82) is 0 Å². The van der Waals surface area contributed by atoms with Crippen molar-refractivity contribution in [1.82, 2.24) is 5.32 Å². The summed E-state index contributed by atoms with van der Waals surface area (Å²) in [7, 11) is 0. The normalized spacial score (nSPS) is 31.2. The van der Waals surface area contributed by atoms with Crippen molar-refractivity contribution in [2.45, 2.75) is 31.5 Å². The van der Waals surface area contributed by atoms with Gasteiger partial charge in [-0.05, 0) is 32.0 Å². The summed E-state index contributed by atoms with van der Waals surface area (Å²) in [5.41, 5.74) is 1.36. The summed E-state index contributed by atoms with van der Waals surface area (Å²) in [4.78, 5) is 41.3. The van der Waals surface area contributed by atoms with Crippen LogP contribution >= 0.6 is 0 Å². The van der Waals surface area contributed by atoms with Gasteiger partial charge in [0.05, 0.1) is 23.6 Å². The molecule has 0 bridgehead atoms. The lowest BCUT2D eigenvalue weighted by Gasteiger charge is -2.30. The molecule has 3 aliphatic rings. The van der Waals surface area contributed by atoms with Crippen LogP contribution in [0.2, 0.25) is 0 Å². The average Bonchev–Trinajstić information content (AvgIpc) is 3.28. The maximum Gasteiger partial charge on any atom is 0.250 e. The number of hydrogen-bond donors (Lipinski definition) is 3. The van der Waals surface area contributed by atoms with Crippen molar-refractivity contribution in [2.75, 3.05) is 10.2 Å². The van der Waals surface area contributed by atoms with Gasteiger partial charge in [0.2, 0.25) is 17.7 Å². The molecular formula is C22H21N3O4. The second kappa shape index (κ2) is 5.98. The molecule has 148 valence electrons. The first kappa shape index (κ1) is 18.0. The molecule has 2 saturated heterocycles. The van der Waals surface area contributed by atoms with Crippen LogP contribution in [0.4, 0.5) is 11.4 Å². The summed E-state index contributed by atoms with van der Waals surface area (Å²) >= 11 is 0. The maximum atomic E-state index is 13.6. The molecular weight excluding hydrogens is 370 g/mol. The molecule has 7 nitrogen and oxygen atoms in total. The molecule has 3 aliphatic heterocycles. The Bertz CT molecular complexity index is 1050. The van der Waals surface area contributed by atoms with Crippen molar-refractivity contribution < 1.29 is 19.5 Å². The van der Waals surface area contributed by atoms with E-state index in [1.54, 1.807) is 43.3 Å². The fraction of sp³-hybridized carbons (Fsp3) is 0.318. The lowest BCUT2D eigenvalue weighted by atomic mass is 9.76. The summed E-state index contributed by atoms with van der Waals surface area (Å²) in [6.07, 6.45) is -0.919. The van der Waals surface area contributed by atoms with Gasteiger partial charge < -0.3 is 10.4 Å². The van der Waals surface area contributed by atoms with Crippen LogP contribution in [-0.4, -0.2) is 35.0 Å². The third kappa shape index (κ3) is 2.22. The zero-order valence-corrected chi connectivity index (χ0v) is 16.0. The van der Waals surface area contributed by atoms with E-state index in [9.17, 15) is 19.5 Å². The van der Waals surface area contributed by atoms with Gasteiger partial charge in [-0.25, -0.2) is 4.90 Å². The second-order valence-electron chi connectivity index (χ2n) is 8.07. The number of aliphatic hydroxyl groups is 1. The van der Waals surface area contributed by atoms with Gasteiger partial charge in [0.15, 0.2) is 0 Å². The zero-order chi connectivity index (χ0) is 20.5. The number of carbonyl (C=O) groups excluding carboxylic acids is 3. The first-order valence-electron chi connectivity index (χ1n) is 9.67. The maximum absolute atomic E-state index is 13.6. The van der Waals surface area contributed by atoms with Gasteiger partial charge in [0.25, 0.3) is 0 Å². The Labute approximate surface area is 167 Å². The minimum atomic E-state index is -1.38. The molecule has 29 heavy (non-hydrogen) atoms. The number of para-hydroxylation sites is 1. The fourth-order valence-corrected chi connectivity index (χ4v) is 5.05. The Morgan fingerprint density at radius 2 is 1.72 bits per heavy atom. The summed E-state index contributed by atoms with van der Waals surface area (Å²) in [6.45, 7) is 3.49. The topological polar surface area (TPSA) is 98.7 Å². The number of benzene rings is 2. The van der Waals surface area contributed by atoms with Crippen LogP contribution in [0.5, 0.6) is 0 Å². The van der Waals surface area contributed by atoms with Gasteiger partial charge in [-0.3, -0.25) is 19.7 Å². The number of aryl methyl sites for hydroxylation is 1. The molecule has 7 heteroatoms. The van der Waals surface area contributed by atoms with Gasteiger partial charge in [-0.15, -0.1) is 0 Å². The molecule has 1 spiro atoms. The smallest absolute Gasteiger partial charge is 0.250 e. The monoisotopic (exact) mass is 391 g/mol. The van der Waals surface area contributed by atoms with Crippen molar-refractivity contribution in [3.8, 4) is 0 Å². The number of hydrogen-bond acceptors (Lipinski definition) is 5. The van der Waals surface area contributed by atoms with E-state index >= 15 is 0 Å². The van der Waals surface area contributed by atoms with Crippen molar-refractivity contribution >= 4 is 29.1 Å². The largest absolute Gasteiger partial charge is 0.392 e. The van der Waals surface area contributed by atoms with Crippen LogP contribution in [0.25, 0.3) is 0 Å². The molecule has 3 heterocycles. The molecule has 0 unspecified atom stereocenters. The molecule has 0 aliphatic carbocycles. The average molecular weight is 391 g/mol. The number of amides is 3. The predicted molar refractivity (Wildman–Crippen MR) is 106 cm³/mol. The molecule has 5 atom stereocenters. The standard InChI is InChI=1S/C22H21N3O4/c1-11-7-9-13(10-8-11)25-19(27)16-17(20(25)28)22(24-18(16)12(2)26)14-5-3-4-6-15(14)23-21(22)29/h3-10,12,16-18,24,26H,1-2H3,(H,23,29)/t12-,16+,17+,18+,22-/m1/s1. The highest BCUT2D eigenvalue weighted by Gasteiger charge is 2.71. The van der Waals surface area contributed by atoms with E-state index in [0.717, 1.165) is 5.56 Å². The summed E-state index contributed by atoms with van der Waals surface area (Å²) in [6, 6.07) is 13.6. The third-order valence-electron chi connectivity index (χ3n) is 6.37. The van der Waals surface area contributed by atoms with Gasteiger partial charge >= 0.3 is 0 Å². The van der Waals surface area contributed by atoms with E-state index < -0.39 is 41.3 Å². The number of nitrogens with zero attached hydrogens (tertiary/aromatic N) is 1. The van der Waals surface area contributed by atoms with Crippen molar-refractivity contribution in [3.05, 3.63) is 59.7 Å². The number of anilines is 2. The van der Waals surface area contributed by atoms with Crippen LogP contribution < -0.4 is 15.5 Å². The minimum Gasteiger partial charge on any atom is -0.392 e. The highest BCUT2D eigenvalue weighted by Crippen LogP contribution is 2.53. The van der Waals surface area contributed by atoms with Crippen LogP contribution in [0.3, 0.4) is 0 Å². The highest BCUT2D eigenvalue weighted by atomic mass is 16.3. The second-order valence-corrected chi connectivity index (χ2v) is 8.07. The lowest BCUT2D eigenvalue weighted by Crippen LogP contribution is -2.54. The molecule has 3 amide bonds. The SMILES string of the molecule is Cc1ccc(N2C(=O)[C@@H]3[C@H]([C@@H](C)O)N[C@@]4(C(=O)Nc5ccccc54)[C@@H]3C2=O)cc1. The molecule has 0 aromatic heterocycles. The van der Waals surface area contributed by atoms with E-state index in [4.69, 9.17) is 0 Å². The zero-order valence-electron chi connectivity index (χ0n) is 16.0. The number of nitrogens with one attached hydrogen (secondary N) is 2. The first-order valence-corrected chi connectivity index (χ1v) is 9.67. The molecule has 2 fully saturated rings. The number of carbonyl (C=O) groups is 3. The van der Waals surface area contributed by atoms with E-state index in [1.165, 1.54) is 4.90 Å². The van der Waals surface area contributed by atoms with Gasteiger partial charge in [-0.2, -0.15) is 0 Å². The van der Waals surface area contributed by atoms with Crippen LogP contribution in [0.1, 0.15) is 18.1 Å². The van der Waals surface area contributed by atoms with Crippen molar-refractivity contribution in [3.63, 3.8) is 0 Å². The first-order chi connectivity index (χ1) is 13.9. The van der Waals surface area contributed by atoms with E-state index in [0.29, 0.717) is 16.9 Å². The molecule has 5 rings (SSSR count). The summed E-state index contributed by atoms with van der Waals surface area (Å²) in [5.74, 6) is -2.95. The van der Waals surface area contributed by atoms with Crippen LogP contribution in [0.15, 0.2) is 48.5 Å². The highest BCUT2D eigenvalue weighted by molar-refractivity contribution is 6.25. The quantitative estimate of drug-likeness (QED) is 0.671.